The van der Waals surface area contributed by atoms with E-state index >= 15 is 0 Å². The fraction of sp³-hybridized carbons (Fsp3) is 0.455. The Bertz CT molecular complexity index is 773. The average Bonchev–Trinajstić information content (AvgIpc) is 2.42. The second-order valence-corrected chi connectivity index (χ2v) is 8.01. The molecule has 0 bridgehead atoms. The van der Waals surface area contributed by atoms with E-state index in [9.17, 15) is 0 Å². The van der Waals surface area contributed by atoms with Crippen molar-refractivity contribution in [1.82, 2.24) is 0 Å². The van der Waals surface area contributed by atoms with Crippen LogP contribution in [-0.4, -0.2) is 0 Å². The number of allylic oxidation sites excluding steroid dienone is 12. The van der Waals surface area contributed by atoms with Gasteiger partial charge < -0.3 is 0 Å². The molecule has 0 heterocycles. The van der Waals surface area contributed by atoms with Crippen molar-refractivity contribution in [3.05, 3.63) is 69.4 Å². The quantitative estimate of drug-likeness (QED) is 0.508. The van der Waals surface area contributed by atoms with E-state index in [1.165, 1.54) is 28.7 Å². The van der Waals surface area contributed by atoms with Crippen LogP contribution in [0.4, 0.5) is 0 Å². The largest absolute Gasteiger partial charge is 0.0686 e. The van der Waals surface area contributed by atoms with Crippen LogP contribution in [0.2, 0.25) is 0 Å². The normalized spacial score (nSPS) is 39.4. The molecule has 0 nitrogen and oxygen atoms in total. The van der Waals surface area contributed by atoms with Gasteiger partial charge in [0.15, 0.2) is 0 Å². The fourth-order valence-electron chi connectivity index (χ4n) is 5.84. The molecule has 0 fully saturated rings. The maximum atomic E-state index is 2.50. The Balaban J connectivity index is 2.17. The van der Waals surface area contributed by atoms with E-state index in [1.54, 1.807) is 16.7 Å². The Morgan fingerprint density at radius 3 is 2.36 bits per heavy atom. The van der Waals surface area contributed by atoms with Gasteiger partial charge in [-0.15, -0.1) is 0 Å². The third-order valence-corrected chi connectivity index (χ3v) is 6.93. The first-order chi connectivity index (χ1) is 10.3. The molecule has 4 aliphatic carbocycles. The summed E-state index contributed by atoms with van der Waals surface area (Å²) < 4.78 is 0. The minimum Gasteiger partial charge on any atom is -0.0686 e. The van der Waals surface area contributed by atoms with Crippen LogP contribution in [0.15, 0.2) is 69.4 Å². The van der Waals surface area contributed by atoms with Gasteiger partial charge >= 0.3 is 0 Å². The Morgan fingerprint density at radius 1 is 0.955 bits per heavy atom. The molecular weight excluding hydrogens is 264 g/mol. The van der Waals surface area contributed by atoms with Gasteiger partial charge in [0.1, 0.15) is 0 Å². The third-order valence-electron chi connectivity index (χ3n) is 6.93. The Kier molecular flexibility index (Phi) is 2.58. The first-order valence-electron chi connectivity index (χ1n) is 8.53. The molecule has 0 aliphatic heterocycles. The highest BCUT2D eigenvalue weighted by molar-refractivity contribution is 5.68. The topological polar surface area (TPSA) is 0 Å². The minimum absolute atomic E-state index is 0.0834. The molecule has 3 unspecified atom stereocenters. The lowest BCUT2D eigenvalue weighted by Crippen LogP contribution is -2.50. The fourth-order valence-corrected chi connectivity index (χ4v) is 5.84. The Labute approximate surface area is 134 Å². The van der Waals surface area contributed by atoms with Gasteiger partial charge in [0.2, 0.25) is 0 Å². The van der Waals surface area contributed by atoms with Crippen molar-refractivity contribution in [2.45, 2.75) is 48.0 Å². The van der Waals surface area contributed by atoms with Gasteiger partial charge in [-0.1, -0.05) is 62.3 Å². The molecule has 114 valence electrons. The summed E-state index contributed by atoms with van der Waals surface area (Å²) in [7, 11) is 0. The van der Waals surface area contributed by atoms with Crippen LogP contribution in [0, 0.1) is 16.7 Å². The van der Waals surface area contributed by atoms with Gasteiger partial charge in [-0.05, 0) is 61.0 Å². The lowest BCUT2D eigenvalue weighted by atomic mass is 9.43. The van der Waals surface area contributed by atoms with Gasteiger partial charge in [-0.2, -0.15) is 0 Å². The van der Waals surface area contributed by atoms with E-state index in [-0.39, 0.29) is 10.8 Å². The first-order valence-corrected chi connectivity index (χ1v) is 8.53. The molecule has 22 heavy (non-hydrogen) atoms. The predicted molar refractivity (Wildman–Crippen MR) is 94.5 cm³/mol. The monoisotopic (exact) mass is 290 g/mol. The zero-order valence-corrected chi connectivity index (χ0v) is 14.7. The smallest absolute Gasteiger partial charge is 0.0311 e. The van der Waals surface area contributed by atoms with E-state index < -0.39 is 0 Å². The van der Waals surface area contributed by atoms with Crippen molar-refractivity contribution < 1.29 is 0 Å². The summed E-state index contributed by atoms with van der Waals surface area (Å²) in [6, 6.07) is 0. The van der Waals surface area contributed by atoms with Crippen molar-refractivity contribution in [1.29, 1.82) is 0 Å². The highest BCUT2D eigenvalue weighted by atomic mass is 14.6. The van der Waals surface area contributed by atoms with Gasteiger partial charge in [0, 0.05) is 10.8 Å². The van der Waals surface area contributed by atoms with Gasteiger partial charge in [-0.3, -0.25) is 0 Å². The standard InChI is InChI=1S/C22H26/c1-13-11-14(2)18-9-10-20-16(4)12-15(3)19-8-7-17(13)21(18,5)22(19,20)6/h7-11,15H,12H2,1-6H3. The SMILES string of the molecule is CC1=CC(C)=C2C=CC3=C(C)CC(C)C4=CC=C1C2(C)C43C. The summed E-state index contributed by atoms with van der Waals surface area (Å²) in [6.07, 6.45) is 13.2. The highest BCUT2D eigenvalue weighted by Gasteiger charge is 2.58. The number of rotatable bonds is 0. The molecule has 4 rings (SSSR count). The zero-order chi connectivity index (χ0) is 15.9. The van der Waals surface area contributed by atoms with Gasteiger partial charge in [0.05, 0.1) is 0 Å². The predicted octanol–water partition coefficient (Wildman–Crippen LogP) is 6.07. The van der Waals surface area contributed by atoms with Crippen LogP contribution in [0.3, 0.4) is 0 Å². The molecular formula is C22H26. The lowest BCUT2D eigenvalue weighted by molar-refractivity contribution is 0.209. The van der Waals surface area contributed by atoms with E-state index in [4.69, 9.17) is 0 Å². The Morgan fingerprint density at radius 2 is 1.64 bits per heavy atom. The van der Waals surface area contributed by atoms with E-state index in [0.717, 1.165) is 0 Å². The van der Waals surface area contributed by atoms with Crippen LogP contribution in [0.5, 0.6) is 0 Å². The maximum Gasteiger partial charge on any atom is 0.0311 e. The molecule has 0 aromatic carbocycles. The zero-order valence-electron chi connectivity index (χ0n) is 14.7. The summed E-state index contributed by atoms with van der Waals surface area (Å²) in [5.41, 5.74) is 10.9. The molecule has 0 aromatic heterocycles. The average molecular weight is 290 g/mol. The highest BCUT2D eigenvalue weighted by Crippen LogP contribution is 2.68. The third kappa shape index (κ3) is 1.31. The van der Waals surface area contributed by atoms with Gasteiger partial charge in [0.25, 0.3) is 0 Å². The molecule has 0 spiro atoms. The van der Waals surface area contributed by atoms with Crippen LogP contribution < -0.4 is 0 Å². The summed E-state index contributed by atoms with van der Waals surface area (Å²) in [4.78, 5) is 0. The van der Waals surface area contributed by atoms with E-state index in [2.05, 4.69) is 71.9 Å². The minimum atomic E-state index is 0.0834. The van der Waals surface area contributed by atoms with Crippen LogP contribution in [0.1, 0.15) is 48.0 Å². The molecule has 0 radical (unpaired) electrons. The number of hydrogen-bond donors (Lipinski definition) is 0. The van der Waals surface area contributed by atoms with Crippen molar-refractivity contribution in [2.75, 3.05) is 0 Å². The molecule has 0 saturated carbocycles. The second kappa shape index (κ2) is 4.04. The Hall–Kier alpha value is -1.56. The summed E-state index contributed by atoms with van der Waals surface area (Å²) in [5.74, 6) is 0.641. The molecule has 3 atom stereocenters. The van der Waals surface area contributed by atoms with Crippen LogP contribution in [0.25, 0.3) is 0 Å². The van der Waals surface area contributed by atoms with Crippen LogP contribution in [-0.2, 0) is 0 Å². The maximum absolute atomic E-state index is 2.50. The summed E-state index contributed by atoms with van der Waals surface area (Å²) in [5, 5.41) is 0. The lowest BCUT2D eigenvalue weighted by Gasteiger charge is -2.60. The van der Waals surface area contributed by atoms with Crippen molar-refractivity contribution in [3.63, 3.8) is 0 Å². The van der Waals surface area contributed by atoms with Crippen molar-refractivity contribution in [2.24, 2.45) is 16.7 Å². The van der Waals surface area contributed by atoms with Gasteiger partial charge in [-0.25, -0.2) is 0 Å². The van der Waals surface area contributed by atoms with E-state index in [0.29, 0.717) is 5.92 Å². The molecule has 0 heteroatoms. The second-order valence-electron chi connectivity index (χ2n) is 8.01. The molecule has 0 N–H and O–H groups in total. The summed E-state index contributed by atoms with van der Waals surface area (Å²) in [6.45, 7) is 14.3. The van der Waals surface area contributed by atoms with E-state index in [1.807, 2.05) is 0 Å². The van der Waals surface area contributed by atoms with Crippen LogP contribution >= 0.6 is 0 Å². The van der Waals surface area contributed by atoms with Crippen molar-refractivity contribution in [3.8, 4) is 0 Å². The molecule has 0 saturated heterocycles. The first kappa shape index (κ1) is 14.1. The molecule has 0 aromatic rings. The molecule has 4 aliphatic rings. The molecule has 0 amide bonds. The number of hydrogen-bond acceptors (Lipinski definition) is 0. The summed E-state index contributed by atoms with van der Waals surface area (Å²) >= 11 is 0. The van der Waals surface area contributed by atoms with Crippen molar-refractivity contribution >= 4 is 0 Å².